The van der Waals surface area contributed by atoms with Crippen molar-refractivity contribution in [3.8, 4) is 28.4 Å². The molecular formula is C32H33F11INO10. The summed E-state index contributed by atoms with van der Waals surface area (Å²) in [6.45, 7) is -0.279. The van der Waals surface area contributed by atoms with E-state index in [0.717, 1.165) is 43.5 Å². The molecule has 23 heteroatoms. The van der Waals surface area contributed by atoms with Crippen molar-refractivity contribution < 1.29 is 90.7 Å². The van der Waals surface area contributed by atoms with Gasteiger partial charge >= 0.3 is 171 Å². The van der Waals surface area contributed by atoms with Crippen LogP contribution in [-0.4, -0.2) is 77.3 Å². The molecule has 1 atom stereocenters. The van der Waals surface area contributed by atoms with Gasteiger partial charge in [0.25, 0.3) is 0 Å². The first-order valence-electron chi connectivity index (χ1n) is 15.1. The van der Waals surface area contributed by atoms with Gasteiger partial charge in [0, 0.05) is 23.1 Å². The summed E-state index contributed by atoms with van der Waals surface area (Å²) in [6, 6.07) is 6.93. The number of benzene rings is 2. The molecule has 310 valence electrons. The number of hydrogen-bond donors (Lipinski definition) is 1. The van der Waals surface area contributed by atoms with Crippen LogP contribution in [0.3, 0.4) is 0 Å². The van der Waals surface area contributed by atoms with Crippen molar-refractivity contribution >= 4 is 36.8 Å². The first kappa shape index (κ1) is 45.7. The summed E-state index contributed by atoms with van der Waals surface area (Å²) in [5.74, 6) is -2.84. The summed E-state index contributed by atoms with van der Waals surface area (Å²) in [6.07, 6.45) is -27.6. The van der Waals surface area contributed by atoms with Gasteiger partial charge < -0.3 is 18.6 Å². The van der Waals surface area contributed by atoms with Crippen LogP contribution in [0.4, 0.5) is 48.3 Å². The third-order valence-corrected chi connectivity index (χ3v) is 10.4. The molecule has 0 radical (unpaired) electrons. The quantitative estimate of drug-likeness (QED) is 0.0331. The Labute approximate surface area is 311 Å². The Morgan fingerprint density at radius 1 is 0.764 bits per heavy atom. The van der Waals surface area contributed by atoms with Gasteiger partial charge in [0.1, 0.15) is 22.8 Å². The van der Waals surface area contributed by atoms with Gasteiger partial charge in [0.15, 0.2) is 6.61 Å². The fraction of sp³-hybridized carbons (Fsp3) is 0.500. The molecule has 0 aliphatic carbocycles. The molecular weight excluding hydrogens is 894 g/mol. The van der Waals surface area contributed by atoms with Gasteiger partial charge in [-0.1, -0.05) is 0 Å². The van der Waals surface area contributed by atoms with Crippen molar-refractivity contribution in [3.05, 3.63) is 52.9 Å². The molecule has 1 unspecified atom stereocenters. The van der Waals surface area contributed by atoms with Crippen molar-refractivity contribution in [2.24, 2.45) is 11.1 Å². The van der Waals surface area contributed by atoms with E-state index in [-0.39, 0.29) is 21.1 Å². The van der Waals surface area contributed by atoms with Crippen molar-refractivity contribution in [1.29, 1.82) is 0 Å². The second-order valence-electron chi connectivity index (χ2n) is 12.5. The van der Waals surface area contributed by atoms with E-state index < -0.39 is 109 Å². The zero-order chi connectivity index (χ0) is 42.0. The van der Waals surface area contributed by atoms with Crippen LogP contribution in [0.1, 0.15) is 20.8 Å². The number of nitrogens with two attached hydrogens (primary N) is 1. The smallest absolute Gasteiger partial charge is 0.422 e. The van der Waals surface area contributed by atoms with Crippen LogP contribution in [0.15, 0.2) is 51.7 Å². The molecule has 0 fully saturated rings. The Morgan fingerprint density at radius 3 is 1.85 bits per heavy atom. The molecule has 1 heterocycles. The van der Waals surface area contributed by atoms with Crippen molar-refractivity contribution in [2.75, 3.05) is 34.6 Å². The maximum atomic E-state index is 14.3. The Balaban J connectivity index is 1.68. The first-order chi connectivity index (χ1) is 24.9. The Morgan fingerprint density at radius 2 is 1.33 bits per heavy atom. The molecule has 2 N–H and O–H groups in total. The molecule has 0 saturated carbocycles. The average Bonchev–Trinajstić information content (AvgIpc) is 2.99. The molecule has 0 amide bonds. The van der Waals surface area contributed by atoms with Crippen LogP contribution in [0, 0.1) is 5.41 Å². The molecule has 0 aliphatic rings. The summed E-state index contributed by atoms with van der Waals surface area (Å²) >= 11 is -1.79. The van der Waals surface area contributed by atoms with Crippen LogP contribution >= 0.6 is 19.8 Å². The third kappa shape index (κ3) is 12.9. The van der Waals surface area contributed by atoms with E-state index in [0.29, 0.717) is 0 Å². The molecule has 2 aromatic carbocycles. The van der Waals surface area contributed by atoms with Crippen LogP contribution in [0.2, 0.25) is 0 Å². The predicted octanol–water partition coefficient (Wildman–Crippen LogP) is 8.13. The number of halogens is 12. The number of carbonyl (C=O) groups is 1. The van der Waals surface area contributed by atoms with Gasteiger partial charge in [-0.25, -0.2) is 4.79 Å². The molecule has 0 saturated heterocycles. The van der Waals surface area contributed by atoms with Gasteiger partial charge in [0.05, 0.1) is 12.7 Å². The van der Waals surface area contributed by atoms with Gasteiger partial charge in [-0.05, 0) is 30.3 Å². The zero-order valence-electron chi connectivity index (χ0n) is 29.4. The number of carbonyl (C=O) groups excluding carboxylic acids is 1. The number of rotatable bonds is 18. The maximum absolute atomic E-state index is 14.3. The minimum absolute atomic E-state index is 0.0119. The van der Waals surface area contributed by atoms with E-state index in [1.54, 1.807) is 0 Å². The fourth-order valence-corrected chi connectivity index (χ4v) is 8.86. The van der Waals surface area contributed by atoms with E-state index in [1.165, 1.54) is 26.8 Å². The van der Waals surface area contributed by atoms with Crippen LogP contribution in [0.5, 0.6) is 17.2 Å². The minimum atomic E-state index is -6.02. The molecule has 0 aliphatic heterocycles. The largest absolute Gasteiger partial charge is 0.573 e. The summed E-state index contributed by atoms with van der Waals surface area (Å²) < 4.78 is 184. The van der Waals surface area contributed by atoms with Gasteiger partial charge in [0.2, 0.25) is 0 Å². The molecule has 11 nitrogen and oxygen atoms in total. The molecule has 1 aromatic heterocycles. The zero-order valence-corrected chi connectivity index (χ0v) is 31.5. The van der Waals surface area contributed by atoms with E-state index in [2.05, 4.69) is 28.4 Å². The number of hydrogen-bond acceptors (Lipinski definition) is 11. The Hall–Kier alpha value is -3.68. The standard InChI is InChI=1S/C32H33F11INO10/c1-26(2,45)27(3,14-44(4)5)25(47)50-16-29(35,36)54-32(42,43)55-31(40,41)53-28(33,34)15-49-19-8-7-17-11-21(24(46)51-22(17)13-19)20-10-9-18(48-6)12-23(20)52-30(37,38)39/h7-13H,14-16,45H2,1-6H3. The average molecular weight is 927 g/mol. The molecule has 3 aromatic rings. The van der Waals surface area contributed by atoms with Crippen molar-refractivity contribution in [2.45, 2.75) is 57.5 Å². The predicted molar refractivity (Wildman–Crippen MR) is 178 cm³/mol. The second kappa shape index (κ2) is 16.4. The summed E-state index contributed by atoms with van der Waals surface area (Å²) in [5.41, 5.74) is 0.644. The fourth-order valence-electron chi connectivity index (χ4n) is 4.52. The molecule has 0 spiro atoms. The van der Waals surface area contributed by atoms with E-state index in [1.807, 2.05) is 9.86 Å². The minimum Gasteiger partial charge on any atom is -0.422 e. The first-order valence-corrected chi connectivity index (χ1v) is 20.9. The third-order valence-electron chi connectivity index (χ3n) is 7.37. The molecule has 55 heavy (non-hydrogen) atoms. The van der Waals surface area contributed by atoms with Crippen LogP contribution in [0.25, 0.3) is 22.1 Å². The molecule has 3 rings (SSSR count). The van der Waals surface area contributed by atoms with Crippen molar-refractivity contribution in [1.82, 2.24) is 0 Å². The Kier molecular flexibility index (Phi) is 13.7. The number of ether oxygens (including phenoxy) is 7. The van der Waals surface area contributed by atoms with Gasteiger partial charge in [-0.3, -0.25) is 0 Å². The topological polar surface area (TPSA) is 138 Å². The summed E-state index contributed by atoms with van der Waals surface area (Å²) in [5, 5.41) is -0.0119. The number of methoxy groups -OCH3 is 1. The Bertz CT molecular complexity index is 1880. The number of esters is 1. The van der Waals surface area contributed by atoms with Crippen LogP contribution < -0.4 is 25.6 Å². The van der Waals surface area contributed by atoms with E-state index in [9.17, 15) is 57.9 Å². The summed E-state index contributed by atoms with van der Waals surface area (Å²) in [4.78, 5) is 29.0. The van der Waals surface area contributed by atoms with E-state index in [4.69, 9.17) is 14.9 Å². The summed E-state index contributed by atoms with van der Waals surface area (Å²) in [7, 11) is 1.16. The van der Waals surface area contributed by atoms with Crippen molar-refractivity contribution in [3.63, 3.8) is 0 Å². The number of fused-ring (bicyclic) bond motifs is 1. The normalized spacial score (nSPS) is 14.7. The number of alkyl halides is 14. The van der Waals surface area contributed by atoms with E-state index >= 15 is 0 Å². The monoisotopic (exact) mass is 927 g/mol. The second-order valence-corrected chi connectivity index (χ2v) is 18.5. The van der Waals surface area contributed by atoms with Gasteiger partial charge in [-0.15, -0.1) is 13.2 Å². The van der Waals surface area contributed by atoms with Gasteiger partial charge in [-0.2, -0.15) is 8.78 Å². The maximum Gasteiger partial charge on any atom is 0.573 e. The van der Waals surface area contributed by atoms with Crippen LogP contribution in [-0.2, 0) is 23.7 Å². The SMILES string of the molecule is COc1ccc(-c2cc3ccc(OCC(F)(F)OC(F)(F)OC(F)(F)OC(F)(F)COC(=O)C(C)(CI(C)C)C(C)(C)N)cc3oc2=O)c(OC(F)(F)F)c1. The molecule has 0 bridgehead atoms.